The molecule has 2 fully saturated rings. The van der Waals surface area contributed by atoms with Gasteiger partial charge in [-0.2, -0.15) is 0 Å². The average molecular weight is 461 g/mol. The number of carboxylic acid groups (broad SMARTS) is 1. The molecule has 2 aromatic rings. The van der Waals surface area contributed by atoms with E-state index in [9.17, 15) is 9.59 Å². The molecule has 0 aromatic heterocycles. The minimum atomic E-state index is -0.955. The highest BCUT2D eigenvalue weighted by Crippen LogP contribution is 2.46. The fourth-order valence-electron chi connectivity index (χ4n) is 4.06. The van der Waals surface area contributed by atoms with E-state index in [1.54, 1.807) is 24.3 Å². The van der Waals surface area contributed by atoms with Crippen molar-refractivity contribution in [1.29, 1.82) is 0 Å². The molecule has 0 unspecified atom stereocenters. The van der Waals surface area contributed by atoms with Gasteiger partial charge in [0.05, 0.1) is 11.1 Å². The summed E-state index contributed by atoms with van der Waals surface area (Å²) in [6, 6.07) is 16.4. The molecule has 1 saturated heterocycles. The first kappa shape index (κ1) is 24.0. The van der Waals surface area contributed by atoms with Gasteiger partial charge in [0.2, 0.25) is 5.91 Å². The number of carboxylic acids is 1. The summed E-state index contributed by atoms with van der Waals surface area (Å²) in [7, 11) is 0. The highest BCUT2D eigenvalue weighted by Gasteiger charge is 2.50. The molecule has 1 aliphatic heterocycles. The number of benzene rings is 2. The molecule has 8 heteroatoms. The largest absolute Gasteiger partial charge is 0.492 e. The van der Waals surface area contributed by atoms with E-state index in [1.807, 2.05) is 30.3 Å². The van der Waals surface area contributed by atoms with Crippen LogP contribution in [-0.4, -0.2) is 48.9 Å². The van der Waals surface area contributed by atoms with E-state index in [1.165, 1.54) is 0 Å². The minimum absolute atomic E-state index is 0. The van der Waals surface area contributed by atoms with E-state index < -0.39 is 17.0 Å². The third kappa shape index (κ3) is 5.41. The number of carbonyl (C=O) groups is 2. The zero-order chi connectivity index (χ0) is 21.7. The molecule has 1 saturated carbocycles. The second-order valence-corrected chi connectivity index (χ2v) is 8.20. The van der Waals surface area contributed by atoms with Crippen molar-refractivity contribution in [3.8, 4) is 5.75 Å². The number of nitrogens with one attached hydrogen (secondary N) is 2. The lowest BCUT2D eigenvalue weighted by Crippen LogP contribution is -2.61. The Morgan fingerprint density at radius 3 is 2.22 bits per heavy atom. The van der Waals surface area contributed by atoms with Crippen LogP contribution >= 0.6 is 12.4 Å². The van der Waals surface area contributed by atoms with Crippen LogP contribution in [0.15, 0.2) is 54.6 Å². The highest BCUT2D eigenvalue weighted by atomic mass is 35.5. The molecule has 0 spiro atoms. The van der Waals surface area contributed by atoms with Gasteiger partial charge in [0.15, 0.2) is 0 Å². The summed E-state index contributed by atoms with van der Waals surface area (Å²) in [4.78, 5) is 24.5. The summed E-state index contributed by atoms with van der Waals surface area (Å²) in [5, 5.41) is 15.8. The molecule has 1 aliphatic carbocycles. The van der Waals surface area contributed by atoms with E-state index in [2.05, 4.69) is 10.6 Å². The Morgan fingerprint density at radius 2 is 1.62 bits per heavy atom. The molecule has 4 rings (SSSR count). The van der Waals surface area contributed by atoms with Crippen LogP contribution in [0.4, 0.5) is 0 Å². The van der Waals surface area contributed by atoms with E-state index in [0.717, 1.165) is 24.2 Å². The molecule has 32 heavy (non-hydrogen) atoms. The zero-order valence-electron chi connectivity index (χ0n) is 17.8. The summed E-state index contributed by atoms with van der Waals surface area (Å²) < 4.78 is 11.3. The molecular formula is C24H29ClN2O5. The van der Waals surface area contributed by atoms with Gasteiger partial charge in [-0.15, -0.1) is 12.4 Å². The molecule has 1 amide bonds. The molecule has 1 heterocycles. The molecule has 2 aliphatic rings. The average Bonchev–Trinajstić information content (AvgIpc) is 3.59. The number of aromatic carboxylic acids is 1. The first-order valence-electron chi connectivity index (χ1n) is 10.7. The quantitative estimate of drug-likeness (QED) is 0.497. The molecule has 0 radical (unpaired) electrons. The first-order chi connectivity index (χ1) is 15.0. The standard InChI is InChI=1S/C24H28N2O5.ClH/c27-21(28)18-6-8-19(9-7-18)23(10-11-23)26-22(29)24(12-15-30-16-13-24)25-14-17-31-20-4-2-1-3-5-20;/h1-9,25H,10-17H2,(H,26,29)(H,27,28);1H. The summed E-state index contributed by atoms with van der Waals surface area (Å²) in [5.41, 5.74) is 0.0728. The predicted molar refractivity (Wildman–Crippen MR) is 122 cm³/mol. The van der Waals surface area contributed by atoms with Crippen molar-refractivity contribution in [2.75, 3.05) is 26.4 Å². The number of halogens is 1. The lowest BCUT2D eigenvalue weighted by Gasteiger charge is -2.38. The van der Waals surface area contributed by atoms with Crippen molar-refractivity contribution in [2.45, 2.75) is 36.8 Å². The summed E-state index contributed by atoms with van der Waals surface area (Å²) in [6.45, 7) is 2.06. The maximum Gasteiger partial charge on any atom is 0.335 e. The normalized spacial score (nSPS) is 18.1. The fourth-order valence-corrected chi connectivity index (χ4v) is 4.06. The topological polar surface area (TPSA) is 96.9 Å². The summed E-state index contributed by atoms with van der Waals surface area (Å²) in [6.07, 6.45) is 2.88. The van der Waals surface area contributed by atoms with Gasteiger partial charge in [-0.25, -0.2) is 4.79 Å². The van der Waals surface area contributed by atoms with Gasteiger partial charge in [0, 0.05) is 19.8 Å². The maximum absolute atomic E-state index is 13.4. The Bertz CT molecular complexity index is 910. The Labute approximate surface area is 193 Å². The smallest absolute Gasteiger partial charge is 0.335 e. The van der Waals surface area contributed by atoms with E-state index >= 15 is 0 Å². The van der Waals surface area contributed by atoms with Crippen LogP contribution in [0.25, 0.3) is 0 Å². The number of carbonyl (C=O) groups excluding carboxylic acids is 1. The van der Waals surface area contributed by atoms with Crippen LogP contribution < -0.4 is 15.4 Å². The lowest BCUT2D eigenvalue weighted by atomic mass is 9.88. The molecule has 0 bridgehead atoms. The van der Waals surface area contributed by atoms with E-state index in [4.69, 9.17) is 14.6 Å². The van der Waals surface area contributed by atoms with Gasteiger partial charge < -0.3 is 19.9 Å². The van der Waals surface area contributed by atoms with Gasteiger partial charge in [-0.05, 0) is 55.5 Å². The number of hydrogen-bond acceptors (Lipinski definition) is 5. The van der Waals surface area contributed by atoms with E-state index in [-0.39, 0.29) is 23.9 Å². The lowest BCUT2D eigenvalue weighted by molar-refractivity contribution is -0.133. The number of hydrogen-bond donors (Lipinski definition) is 3. The third-order valence-corrected chi connectivity index (χ3v) is 6.15. The number of rotatable bonds is 9. The number of amides is 1. The molecule has 0 atom stereocenters. The van der Waals surface area contributed by atoms with Crippen LogP contribution in [-0.2, 0) is 15.1 Å². The van der Waals surface area contributed by atoms with Crippen molar-refractivity contribution in [1.82, 2.24) is 10.6 Å². The second kappa shape index (κ2) is 10.3. The monoisotopic (exact) mass is 460 g/mol. The van der Waals surface area contributed by atoms with Crippen molar-refractivity contribution < 1.29 is 24.2 Å². The molecule has 172 valence electrons. The minimum Gasteiger partial charge on any atom is -0.492 e. The third-order valence-electron chi connectivity index (χ3n) is 6.15. The van der Waals surface area contributed by atoms with Gasteiger partial charge in [-0.3, -0.25) is 10.1 Å². The van der Waals surface area contributed by atoms with Gasteiger partial charge in [-0.1, -0.05) is 30.3 Å². The van der Waals surface area contributed by atoms with Gasteiger partial charge in [0.25, 0.3) is 0 Å². The SMILES string of the molecule is Cl.O=C(O)c1ccc(C2(NC(=O)C3(NCCOc4ccccc4)CCOCC3)CC2)cc1. The van der Waals surface area contributed by atoms with Crippen LogP contribution in [0, 0.1) is 0 Å². The molecular weight excluding hydrogens is 432 g/mol. The van der Waals surface area contributed by atoms with Crippen molar-refractivity contribution in [3.05, 3.63) is 65.7 Å². The molecule has 3 N–H and O–H groups in total. The Morgan fingerprint density at radius 1 is 0.969 bits per heavy atom. The molecule has 2 aromatic carbocycles. The summed E-state index contributed by atoms with van der Waals surface area (Å²) >= 11 is 0. The first-order valence-corrected chi connectivity index (χ1v) is 10.7. The predicted octanol–water partition coefficient (Wildman–Crippen LogP) is 3.13. The molecule has 7 nitrogen and oxygen atoms in total. The number of para-hydroxylation sites is 1. The van der Waals surface area contributed by atoms with Crippen LogP contribution in [0.5, 0.6) is 5.75 Å². The van der Waals surface area contributed by atoms with Crippen molar-refractivity contribution >= 4 is 24.3 Å². The highest BCUT2D eigenvalue weighted by molar-refractivity contribution is 5.88. The maximum atomic E-state index is 13.4. The van der Waals surface area contributed by atoms with E-state index in [0.29, 0.717) is 39.2 Å². The zero-order valence-corrected chi connectivity index (χ0v) is 18.7. The Kier molecular flexibility index (Phi) is 7.77. The van der Waals surface area contributed by atoms with Gasteiger partial charge >= 0.3 is 5.97 Å². The van der Waals surface area contributed by atoms with Crippen LogP contribution in [0.2, 0.25) is 0 Å². The Balaban J connectivity index is 0.00000289. The summed E-state index contributed by atoms with van der Waals surface area (Å²) in [5.74, 6) is -0.185. The van der Waals surface area contributed by atoms with Crippen LogP contribution in [0.3, 0.4) is 0 Å². The van der Waals surface area contributed by atoms with Crippen LogP contribution in [0.1, 0.15) is 41.6 Å². The number of ether oxygens (including phenoxy) is 2. The fraction of sp³-hybridized carbons (Fsp3) is 0.417. The van der Waals surface area contributed by atoms with Gasteiger partial charge in [0.1, 0.15) is 17.9 Å². The Hall–Kier alpha value is -2.61. The second-order valence-electron chi connectivity index (χ2n) is 8.20. The van der Waals surface area contributed by atoms with Crippen molar-refractivity contribution in [3.63, 3.8) is 0 Å². The van der Waals surface area contributed by atoms with Crippen molar-refractivity contribution in [2.24, 2.45) is 0 Å².